The van der Waals surface area contributed by atoms with Gasteiger partial charge in [-0.3, -0.25) is 4.90 Å². The van der Waals surface area contributed by atoms with Gasteiger partial charge in [0.25, 0.3) is 0 Å². The molecule has 1 heterocycles. The van der Waals surface area contributed by atoms with Gasteiger partial charge in [0, 0.05) is 19.6 Å². The summed E-state index contributed by atoms with van der Waals surface area (Å²) in [5.74, 6) is 0. The van der Waals surface area contributed by atoms with Crippen LogP contribution in [-0.4, -0.2) is 37.7 Å². The highest BCUT2D eigenvalue weighted by Gasteiger charge is 2.19. The number of rotatable bonds is 3. The van der Waals surface area contributed by atoms with Crippen molar-refractivity contribution in [2.45, 2.75) is 26.1 Å². The van der Waals surface area contributed by atoms with E-state index < -0.39 is 0 Å². The maximum Gasteiger partial charge on any atom is 0.0717 e. The summed E-state index contributed by atoms with van der Waals surface area (Å²) < 4.78 is 5.37. The Labute approximate surface area is 115 Å². The average molecular weight is 268 g/mol. The molecule has 1 aromatic carbocycles. The monoisotopic (exact) mass is 267 g/mol. The molecule has 1 unspecified atom stereocenters. The van der Waals surface area contributed by atoms with Crippen LogP contribution < -0.4 is 0 Å². The summed E-state index contributed by atoms with van der Waals surface area (Å²) in [5.41, 5.74) is 5.22. The maximum absolute atomic E-state index is 6.62. The van der Waals surface area contributed by atoms with Crippen LogP contribution in [0.3, 0.4) is 0 Å². The molecule has 2 nitrogen and oxygen atoms in total. The summed E-state index contributed by atoms with van der Waals surface area (Å²) in [6.45, 7) is 11.0. The second-order valence-corrected chi connectivity index (χ2v) is 5.72. The second-order valence-electron chi connectivity index (χ2n) is 5.19. The highest BCUT2D eigenvalue weighted by Crippen LogP contribution is 2.29. The van der Waals surface area contributed by atoms with Crippen molar-refractivity contribution in [3.63, 3.8) is 0 Å². The number of nitrogens with zero attached hydrogens (tertiary/aromatic N) is 1. The van der Waals surface area contributed by atoms with Crippen LogP contribution in [0.1, 0.15) is 27.6 Å². The van der Waals surface area contributed by atoms with Crippen LogP contribution in [0.4, 0.5) is 0 Å². The fourth-order valence-electron chi connectivity index (χ4n) is 2.79. The van der Waals surface area contributed by atoms with E-state index in [4.69, 9.17) is 16.3 Å². The van der Waals surface area contributed by atoms with E-state index in [9.17, 15) is 0 Å². The van der Waals surface area contributed by atoms with Crippen molar-refractivity contribution < 1.29 is 4.74 Å². The predicted molar refractivity (Wildman–Crippen MR) is 76.5 cm³/mol. The molecule has 0 amide bonds. The highest BCUT2D eigenvalue weighted by molar-refractivity contribution is 6.21. The normalized spacial score (nSPS) is 18.9. The Hall–Kier alpha value is -0.570. The molecule has 1 atom stereocenters. The number of morpholine rings is 1. The number of hydrogen-bond donors (Lipinski definition) is 0. The minimum absolute atomic E-state index is 0.0729. The molecule has 1 saturated heterocycles. The predicted octanol–water partition coefficient (Wildman–Crippen LogP) is 3.22. The highest BCUT2D eigenvalue weighted by atomic mass is 35.5. The van der Waals surface area contributed by atoms with Crippen molar-refractivity contribution in [2.75, 3.05) is 32.8 Å². The molecule has 1 aliphatic heterocycles. The molecule has 18 heavy (non-hydrogen) atoms. The van der Waals surface area contributed by atoms with Gasteiger partial charge in [-0.2, -0.15) is 0 Å². The van der Waals surface area contributed by atoms with Crippen LogP contribution in [0, 0.1) is 20.8 Å². The zero-order chi connectivity index (χ0) is 13.1. The van der Waals surface area contributed by atoms with Gasteiger partial charge < -0.3 is 4.74 Å². The fourth-order valence-corrected chi connectivity index (χ4v) is 3.33. The van der Waals surface area contributed by atoms with Crippen LogP contribution >= 0.6 is 11.6 Å². The van der Waals surface area contributed by atoms with Gasteiger partial charge in [0.05, 0.1) is 18.6 Å². The number of halogens is 1. The molecule has 0 aliphatic carbocycles. The summed E-state index contributed by atoms with van der Waals surface area (Å²) >= 11 is 6.62. The first-order chi connectivity index (χ1) is 8.58. The van der Waals surface area contributed by atoms with E-state index in [1.807, 2.05) is 0 Å². The minimum atomic E-state index is 0.0729. The third-order valence-electron chi connectivity index (χ3n) is 3.57. The third-order valence-corrected chi connectivity index (χ3v) is 3.93. The molecular formula is C15H22ClNO. The molecule has 0 N–H and O–H groups in total. The molecule has 2 rings (SSSR count). The molecule has 0 aromatic heterocycles. The summed E-state index contributed by atoms with van der Waals surface area (Å²) in [6.07, 6.45) is 0. The first-order valence-corrected chi connectivity index (χ1v) is 7.03. The Kier molecular flexibility index (Phi) is 4.66. The van der Waals surface area contributed by atoms with Crippen LogP contribution in [-0.2, 0) is 4.74 Å². The number of ether oxygens (including phenoxy) is 1. The lowest BCUT2D eigenvalue weighted by molar-refractivity contribution is 0.0378. The number of alkyl halides is 1. The summed E-state index contributed by atoms with van der Waals surface area (Å²) in [6, 6.07) is 4.44. The molecule has 0 bridgehead atoms. The van der Waals surface area contributed by atoms with Gasteiger partial charge >= 0.3 is 0 Å². The van der Waals surface area contributed by atoms with E-state index in [0.29, 0.717) is 0 Å². The van der Waals surface area contributed by atoms with Gasteiger partial charge in [0.2, 0.25) is 0 Å². The first-order valence-electron chi connectivity index (χ1n) is 6.60. The third kappa shape index (κ3) is 3.25. The summed E-state index contributed by atoms with van der Waals surface area (Å²) in [5, 5.41) is 0.0729. The zero-order valence-electron chi connectivity index (χ0n) is 11.5. The minimum Gasteiger partial charge on any atom is -0.379 e. The Morgan fingerprint density at radius 3 is 2.28 bits per heavy atom. The van der Waals surface area contributed by atoms with Crippen molar-refractivity contribution in [1.82, 2.24) is 4.90 Å². The number of hydrogen-bond acceptors (Lipinski definition) is 2. The molecule has 1 aliphatic rings. The van der Waals surface area contributed by atoms with Crippen molar-refractivity contribution in [2.24, 2.45) is 0 Å². The van der Waals surface area contributed by atoms with Crippen molar-refractivity contribution in [3.05, 3.63) is 34.4 Å². The summed E-state index contributed by atoms with van der Waals surface area (Å²) in [4.78, 5) is 2.39. The molecular weight excluding hydrogens is 246 g/mol. The molecule has 1 aromatic rings. The molecule has 0 radical (unpaired) electrons. The second kappa shape index (κ2) is 6.05. The van der Waals surface area contributed by atoms with Gasteiger partial charge in [-0.1, -0.05) is 17.7 Å². The van der Waals surface area contributed by atoms with E-state index >= 15 is 0 Å². The summed E-state index contributed by atoms with van der Waals surface area (Å²) in [7, 11) is 0. The van der Waals surface area contributed by atoms with Crippen LogP contribution in [0.25, 0.3) is 0 Å². The van der Waals surface area contributed by atoms with Gasteiger partial charge in [-0.15, -0.1) is 11.6 Å². The molecule has 3 heteroatoms. The SMILES string of the molecule is Cc1cc(C)c(C(Cl)CN2CCOCC2)c(C)c1. The Bertz CT molecular complexity index is 390. The zero-order valence-corrected chi connectivity index (χ0v) is 12.3. The quantitative estimate of drug-likeness (QED) is 0.780. The Morgan fingerprint density at radius 2 is 1.72 bits per heavy atom. The van der Waals surface area contributed by atoms with Gasteiger partial charge in [-0.25, -0.2) is 0 Å². The topological polar surface area (TPSA) is 12.5 Å². The van der Waals surface area contributed by atoms with Crippen molar-refractivity contribution in [1.29, 1.82) is 0 Å². The number of aryl methyl sites for hydroxylation is 3. The first kappa shape index (κ1) is 13.9. The molecule has 1 fully saturated rings. The van der Waals surface area contributed by atoms with Gasteiger partial charge in [0.15, 0.2) is 0 Å². The average Bonchev–Trinajstić information content (AvgIpc) is 2.28. The van der Waals surface area contributed by atoms with E-state index in [2.05, 4.69) is 37.8 Å². The Morgan fingerprint density at radius 1 is 1.17 bits per heavy atom. The lowest BCUT2D eigenvalue weighted by atomic mass is 9.97. The maximum atomic E-state index is 6.62. The van der Waals surface area contributed by atoms with Crippen LogP contribution in [0.15, 0.2) is 12.1 Å². The molecule has 100 valence electrons. The largest absolute Gasteiger partial charge is 0.379 e. The molecule has 0 spiro atoms. The lowest BCUT2D eigenvalue weighted by Gasteiger charge is -2.29. The van der Waals surface area contributed by atoms with E-state index in [0.717, 1.165) is 32.8 Å². The standard InChI is InChI=1S/C15H22ClNO/c1-11-8-12(2)15(13(3)9-11)14(16)10-17-4-6-18-7-5-17/h8-9,14H,4-7,10H2,1-3H3. The van der Waals surface area contributed by atoms with Crippen molar-refractivity contribution in [3.8, 4) is 0 Å². The van der Waals surface area contributed by atoms with E-state index in [1.165, 1.54) is 22.3 Å². The fraction of sp³-hybridized carbons (Fsp3) is 0.600. The van der Waals surface area contributed by atoms with E-state index in [1.54, 1.807) is 0 Å². The van der Waals surface area contributed by atoms with Crippen LogP contribution in [0.5, 0.6) is 0 Å². The van der Waals surface area contributed by atoms with Gasteiger partial charge in [0.1, 0.15) is 0 Å². The smallest absolute Gasteiger partial charge is 0.0717 e. The van der Waals surface area contributed by atoms with E-state index in [-0.39, 0.29) is 5.38 Å². The van der Waals surface area contributed by atoms with Crippen LogP contribution in [0.2, 0.25) is 0 Å². The number of benzene rings is 1. The Balaban J connectivity index is 2.10. The lowest BCUT2D eigenvalue weighted by Crippen LogP contribution is -2.38. The van der Waals surface area contributed by atoms with Gasteiger partial charge in [-0.05, 0) is 37.5 Å². The molecule has 0 saturated carbocycles. The van der Waals surface area contributed by atoms with Crippen molar-refractivity contribution >= 4 is 11.6 Å².